The SMILES string of the molecule is N#Cc1cccc(CC(=O)Cc2ccc([C@H]3CNCCO3)cc2)c1. The van der Waals surface area contributed by atoms with Gasteiger partial charge in [0, 0.05) is 25.9 Å². The highest BCUT2D eigenvalue weighted by Gasteiger charge is 2.15. The summed E-state index contributed by atoms with van der Waals surface area (Å²) in [4.78, 5) is 12.3. The van der Waals surface area contributed by atoms with Crippen molar-refractivity contribution in [3.05, 3.63) is 70.8 Å². The van der Waals surface area contributed by atoms with Crippen molar-refractivity contribution in [1.29, 1.82) is 5.26 Å². The van der Waals surface area contributed by atoms with Gasteiger partial charge in [-0.15, -0.1) is 0 Å². The van der Waals surface area contributed by atoms with Crippen molar-refractivity contribution in [1.82, 2.24) is 5.32 Å². The molecule has 0 aliphatic carbocycles. The van der Waals surface area contributed by atoms with Gasteiger partial charge in [0.15, 0.2) is 0 Å². The number of Topliss-reactive ketones (excluding diaryl/α,β-unsaturated/α-hetero) is 1. The molecule has 1 N–H and O–H groups in total. The van der Waals surface area contributed by atoms with Crippen LogP contribution in [0.5, 0.6) is 0 Å². The van der Waals surface area contributed by atoms with Crippen molar-refractivity contribution in [2.75, 3.05) is 19.7 Å². The van der Waals surface area contributed by atoms with Gasteiger partial charge in [-0.05, 0) is 28.8 Å². The summed E-state index contributed by atoms with van der Waals surface area (Å²) in [5.74, 6) is 0.147. The number of hydrogen-bond acceptors (Lipinski definition) is 4. The minimum Gasteiger partial charge on any atom is -0.371 e. The minimum absolute atomic E-state index is 0.0947. The van der Waals surface area contributed by atoms with Crippen LogP contribution in [-0.2, 0) is 22.4 Å². The molecule has 0 bridgehead atoms. The number of nitriles is 1. The number of carbonyl (C=O) groups excluding carboxylic acids is 1. The third-order valence-corrected chi connectivity index (χ3v) is 4.14. The second kappa shape index (κ2) is 7.87. The number of ether oxygens (including phenoxy) is 1. The number of morpholine rings is 1. The Morgan fingerprint density at radius 2 is 1.96 bits per heavy atom. The molecular weight excluding hydrogens is 300 g/mol. The first-order valence-corrected chi connectivity index (χ1v) is 8.16. The van der Waals surface area contributed by atoms with E-state index in [1.807, 2.05) is 36.4 Å². The van der Waals surface area contributed by atoms with Crippen molar-refractivity contribution in [3.8, 4) is 6.07 Å². The van der Waals surface area contributed by atoms with Gasteiger partial charge in [-0.25, -0.2) is 0 Å². The smallest absolute Gasteiger partial charge is 0.141 e. The Balaban J connectivity index is 1.59. The van der Waals surface area contributed by atoms with Gasteiger partial charge in [0.1, 0.15) is 5.78 Å². The van der Waals surface area contributed by atoms with E-state index in [0.29, 0.717) is 18.4 Å². The minimum atomic E-state index is 0.0947. The number of nitrogens with zero attached hydrogens (tertiary/aromatic N) is 1. The van der Waals surface area contributed by atoms with E-state index in [-0.39, 0.29) is 11.9 Å². The van der Waals surface area contributed by atoms with Gasteiger partial charge in [-0.2, -0.15) is 5.26 Å². The second-order valence-corrected chi connectivity index (χ2v) is 6.01. The molecule has 2 aromatic rings. The van der Waals surface area contributed by atoms with E-state index in [0.717, 1.165) is 36.4 Å². The quantitative estimate of drug-likeness (QED) is 0.920. The lowest BCUT2D eigenvalue weighted by molar-refractivity contribution is -0.117. The van der Waals surface area contributed by atoms with Gasteiger partial charge in [-0.1, -0.05) is 36.4 Å². The molecule has 0 aromatic heterocycles. The molecule has 4 nitrogen and oxygen atoms in total. The summed E-state index contributed by atoms with van der Waals surface area (Å²) in [5.41, 5.74) is 3.62. The fourth-order valence-corrected chi connectivity index (χ4v) is 2.90. The molecule has 1 heterocycles. The molecule has 2 aromatic carbocycles. The summed E-state index contributed by atoms with van der Waals surface area (Å²) in [6.45, 7) is 2.45. The molecule has 3 rings (SSSR count). The van der Waals surface area contributed by atoms with Gasteiger partial charge >= 0.3 is 0 Å². The molecule has 1 fully saturated rings. The van der Waals surface area contributed by atoms with E-state index in [1.165, 1.54) is 0 Å². The fourth-order valence-electron chi connectivity index (χ4n) is 2.90. The monoisotopic (exact) mass is 320 g/mol. The van der Waals surface area contributed by atoms with Crippen LogP contribution >= 0.6 is 0 Å². The highest BCUT2D eigenvalue weighted by molar-refractivity contribution is 5.83. The maximum atomic E-state index is 12.3. The topological polar surface area (TPSA) is 62.1 Å². The van der Waals surface area contributed by atoms with E-state index in [4.69, 9.17) is 10.00 Å². The summed E-state index contributed by atoms with van der Waals surface area (Å²) in [7, 11) is 0. The Labute approximate surface area is 142 Å². The van der Waals surface area contributed by atoms with Crippen LogP contribution in [-0.4, -0.2) is 25.5 Å². The molecular formula is C20H20N2O2. The molecule has 1 atom stereocenters. The zero-order valence-corrected chi connectivity index (χ0v) is 13.5. The molecule has 0 amide bonds. The van der Waals surface area contributed by atoms with Gasteiger partial charge in [0.05, 0.1) is 24.3 Å². The standard InChI is InChI=1S/C20H20N2O2/c21-13-17-3-1-2-16(10-17)12-19(23)11-15-4-6-18(7-5-15)20-14-22-8-9-24-20/h1-7,10,20,22H,8-9,11-12,14H2/t20-/m1/s1. The highest BCUT2D eigenvalue weighted by atomic mass is 16.5. The Morgan fingerprint density at radius 3 is 2.67 bits per heavy atom. The first-order valence-electron chi connectivity index (χ1n) is 8.16. The Bertz CT molecular complexity index is 741. The summed E-state index contributed by atoms with van der Waals surface area (Å²) in [6, 6.07) is 17.4. The molecule has 1 saturated heterocycles. The lowest BCUT2D eigenvalue weighted by Gasteiger charge is -2.24. The van der Waals surface area contributed by atoms with E-state index in [9.17, 15) is 4.79 Å². The first kappa shape index (κ1) is 16.4. The highest BCUT2D eigenvalue weighted by Crippen LogP contribution is 2.19. The Hall–Kier alpha value is -2.48. The van der Waals surface area contributed by atoms with Crippen LogP contribution < -0.4 is 5.32 Å². The maximum absolute atomic E-state index is 12.3. The number of nitrogens with one attached hydrogen (secondary N) is 1. The molecule has 122 valence electrons. The van der Waals surface area contributed by atoms with Gasteiger partial charge in [-0.3, -0.25) is 4.79 Å². The van der Waals surface area contributed by atoms with Crippen LogP contribution in [0, 0.1) is 11.3 Å². The zero-order chi connectivity index (χ0) is 16.8. The second-order valence-electron chi connectivity index (χ2n) is 6.01. The van der Waals surface area contributed by atoms with Gasteiger partial charge in [0.25, 0.3) is 0 Å². The van der Waals surface area contributed by atoms with E-state index >= 15 is 0 Å². The van der Waals surface area contributed by atoms with Crippen LogP contribution in [0.25, 0.3) is 0 Å². The normalized spacial score (nSPS) is 17.2. The van der Waals surface area contributed by atoms with Crippen LogP contribution in [0.2, 0.25) is 0 Å². The van der Waals surface area contributed by atoms with Crippen molar-refractivity contribution >= 4 is 5.78 Å². The van der Waals surface area contributed by atoms with E-state index in [2.05, 4.69) is 11.4 Å². The molecule has 1 aliphatic heterocycles. The predicted octanol–water partition coefficient (Wildman–Crippen LogP) is 2.57. The first-order chi connectivity index (χ1) is 11.7. The molecule has 0 radical (unpaired) electrons. The Morgan fingerprint density at radius 1 is 1.17 bits per heavy atom. The number of carbonyl (C=O) groups is 1. The lowest BCUT2D eigenvalue weighted by atomic mass is 9.99. The predicted molar refractivity (Wildman–Crippen MR) is 91.6 cm³/mol. The number of ketones is 1. The molecule has 0 spiro atoms. The maximum Gasteiger partial charge on any atom is 0.141 e. The molecule has 0 saturated carbocycles. The third kappa shape index (κ3) is 4.29. The van der Waals surface area contributed by atoms with Crippen molar-refractivity contribution in [2.24, 2.45) is 0 Å². The lowest BCUT2D eigenvalue weighted by Crippen LogP contribution is -2.33. The summed E-state index contributed by atoms with van der Waals surface area (Å²) in [5, 5.41) is 12.2. The molecule has 24 heavy (non-hydrogen) atoms. The molecule has 4 heteroatoms. The van der Waals surface area contributed by atoms with Crippen molar-refractivity contribution in [3.63, 3.8) is 0 Å². The largest absolute Gasteiger partial charge is 0.371 e. The van der Waals surface area contributed by atoms with Gasteiger partial charge < -0.3 is 10.1 Å². The van der Waals surface area contributed by atoms with Crippen LogP contribution in [0.4, 0.5) is 0 Å². The van der Waals surface area contributed by atoms with E-state index < -0.39 is 0 Å². The average molecular weight is 320 g/mol. The summed E-state index contributed by atoms with van der Waals surface area (Å²) < 4.78 is 5.73. The zero-order valence-electron chi connectivity index (χ0n) is 13.5. The number of benzene rings is 2. The van der Waals surface area contributed by atoms with Crippen LogP contribution in [0.1, 0.15) is 28.4 Å². The molecule has 1 aliphatic rings. The molecule has 0 unspecified atom stereocenters. The number of hydrogen-bond donors (Lipinski definition) is 1. The van der Waals surface area contributed by atoms with Crippen molar-refractivity contribution < 1.29 is 9.53 Å². The third-order valence-electron chi connectivity index (χ3n) is 4.14. The summed E-state index contributed by atoms with van der Waals surface area (Å²) >= 11 is 0. The average Bonchev–Trinajstić information content (AvgIpc) is 2.63. The van der Waals surface area contributed by atoms with E-state index in [1.54, 1.807) is 12.1 Å². The van der Waals surface area contributed by atoms with Crippen LogP contribution in [0.15, 0.2) is 48.5 Å². The number of rotatable bonds is 5. The van der Waals surface area contributed by atoms with Gasteiger partial charge in [0.2, 0.25) is 0 Å². The summed E-state index contributed by atoms with van der Waals surface area (Å²) in [6.07, 6.45) is 0.852. The van der Waals surface area contributed by atoms with Crippen LogP contribution in [0.3, 0.4) is 0 Å². The fraction of sp³-hybridized carbons (Fsp3) is 0.300. The van der Waals surface area contributed by atoms with Crippen molar-refractivity contribution in [2.45, 2.75) is 18.9 Å². The Kier molecular flexibility index (Phi) is 5.37.